The summed E-state index contributed by atoms with van der Waals surface area (Å²) in [7, 11) is 0. The van der Waals surface area contributed by atoms with Gasteiger partial charge in [-0.1, -0.05) is 6.92 Å². The first-order valence-corrected chi connectivity index (χ1v) is 6.70. The normalized spacial score (nSPS) is 14.4. The highest BCUT2D eigenvalue weighted by Crippen LogP contribution is 2.18. The van der Waals surface area contributed by atoms with Crippen LogP contribution in [0.5, 0.6) is 0 Å². The van der Waals surface area contributed by atoms with Gasteiger partial charge in [0.05, 0.1) is 11.8 Å². The molecule has 100 valence electrons. The summed E-state index contributed by atoms with van der Waals surface area (Å²) in [5, 5.41) is 17.1. The Kier molecular flexibility index (Phi) is 5.36. The maximum Gasteiger partial charge on any atom is 0.106 e. The van der Waals surface area contributed by atoms with E-state index in [1.807, 2.05) is 23.9 Å². The van der Waals surface area contributed by atoms with Crippen LogP contribution in [-0.4, -0.2) is 21.4 Å². The molecule has 1 unspecified atom stereocenters. The topological polar surface area (TPSA) is 53.6 Å². The lowest BCUT2D eigenvalue weighted by atomic mass is 9.91. The van der Waals surface area contributed by atoms with E-state index in [0.29, 0.717) is 6.04 Å². The molecule has 0 aromatic carbocycles. The number of hydrogen-bond donors (Lipinski definition) is 1. The van der Waals surface area contributed by atoms with Crippen molar-refractivity contribution in [3.8, 4) is 6.07 Å². The molecule has 1 aromatic heterocycles. The standard InChI is InChI=1S/C14H24N4/c1-5-14(11-15,16-12(2)3)8-6-9-18-10-7-13(4)17-18/h7,10,12,16H,5-6,8-9H2,1-4H3. The Morgan fingerprint density at radius 3 is 2.72 bits per heavy atom. The number of aromatic nitrogens is 2. The molecule has 18 heavy (non-hydrogen) atoms. The quantitative estimate of drug-likeness (QED) is 0.807. The molecular weight excluding hydrogens is 224 g/mol. The van der Waals surface area contributed by atoms with Gasteiger partial charge in [-0.25, -0.2) is 0 Å². The summed E-state index contributed by atoms with van der Waals surface area (Å²) in [5.41, 5.74) is 0.647. The summed E-state index contributed by atoms with van der Waals surface area (Å²) in [4.78, 5) is 0. The molecule has 1 atom stereocenters. The SMILES string of the molecule is CCC(C#N)(CCCn1ccc(C)n1)NC(C)C. The average Bonchev–Trinajstić information content (AvgIpc) is 2.73. The molecule has 0 radical (unpaired) electrons. The van der Waals surface area contributed by atoms with Crippen molar-refractivity contribution >= 4 is 0 Å². The number of nitriles is 1. The first-order valence-electron chi connectivity index (χ1n) is 6.70. The van der Waals surface area contributed by atoms with Crippen LogP contribution in [0, 0.1) is 18.3 Å². The van der Waals surface area contributed by atoms with Gasteiger partial charge in [0, 0.05) is 18.8 Å². The second kappa shape index (κ2) is 6.55. The lowest BCUT2D eigenvalue weighted by Gasteiger charge is -2.29. The van der Waals surface area contributed by atoms with Crippen molar-refractivity contribution in [1.29, 1.82) is 5.26 Å². The number of nitrogens with zero attached hydrogens (tertiary/aromatic N) is 3. The van der Waals surface area contributed by atoms with Crippen LogP contribution in [0.4, 0.5) is 0 Å². The molecule has 0 fully saturated rings. The Bertz CT molecular complexity index is 402. The molecule has 1 N–H and O–H groups in total. The Morgan fingerprint density at radius 2 is 2.28 bits per heavy atom. The molecule has 4 nitrogen and oxygen atoms in total. The monoisotopic (exact) mass is 248 g/mol. The van der Waals surface area contributed by atoms with E-state index in [-0.39, 0.29) is 0 Å². The van der Waals surface area contributed by atoms with E-state index in [2.05, 4.69) is 37.3 Å². The van der Waals surface area contributed by atoms with E-state index in [1.165, 1.54) is 0 Å². The fourth-order valence-electron chi connectivity index (χ4n) is 2.20. The highest BCUT2D eigenvalue weighted by molar-refractivity contribution is 5.06. The minimum Gasteiger partial charge on any atom is -0.297 e. The number of aryl methyl sites for hydroxylation is 2. The predicted octanol–water partition coefficient (Wildman–Crippen LogP) is 2.64. The highest BCUT2D eigenvalue weighted by atomic mass is 15.3. The molecule has 0 aliphatic heterocycles. The van der Waals surface area contributed by atoms with Crippen molar-refractivity contribution in [3.63, 3.8) is 0 Å². The van der Waals surface area contributed by atoms with Gasteiger partial charge in [0.15, 0.2) is 0 Å². The lowest BCUT2D eigenvalue weighted by molar-refractivity contribution is 0.326. The molecule has 0 saturated heterocycles. The zero-order valence-electron chi connectivity index (χ0n) is 11.9. The maximum atomic E-state index is 9.39. The summed E-state index contributed by atoms with van der Waals surface area (Å²) in [6.45, 7) is 9.09. The van der Waals surface area contributed by atoms with E-state index in [1.54, 1.807) is 0 Å². The van der Waals surface area contributed by atoms with Crippen molar-refractivity contribution in [1.82, 2.24) is 15.1 Å². The van der Waals surface area contributed by atoms with Gasteiger partial charge in [-0.3, -0.25) is 10.00 Å². The molecule has 1 heterocycles. The van der Waals surface area contributed by atoms with Gasteiger partial charge in [-0.05, 0) is 46.1 Å². The van der Waals surface area contributed by atoms with Crippen LogP contribution in [0.2, 0.25) is 0 Å². The van der Waals surface area contributed by atoms with Gasteiger partial charge in [-0.2, -0.15) is 10.4 Å². The van der Waals surface area contributed by atoms with E-state index in [9.17, 15) is 5.26 Å². The van der Waals surface area contributed by atoms with Gasteiger partial charge in [-0.15, -0.1) is 0 Å². The van der Waals surface area contributed by atoms with Crippen molar-refractivity contribution in [2.45, 2.75) is 65.1 Å². The Labute approximate surface area is 110 Å². The predicted molar refractivity (Wildman–Crippen MR) is 73.1 cm³/mol. The van der Waals surface area contributed by atoms with Crippen molar-refractivity contribution in [2.24, 2.45) is 0 Å². The van der Waals surface area contributed by atoms with Crippen molar-refractivity contribution in [2.75, 3.05) is 0 Å². The van der Waals surface area contributed by atoms with Crippen molar-refractivity contribution in [3.05, 3.63) is 18.0 Å². The third-order valence-electron chi connectivity index (χ3n) is 3.15. The van der Waals surface area contributed by atoms with Crippen LogP contribution < -0.4 is 5.32 Å². The summed E-state index contributed by atoms with van der Waals surface area (Å²) in [6, 6.07) is 4.78. The van der Waals surface area contributed by atoms with Crippen LogP contribution in [0.1, 0.15) is 45.7 Å². The molecule has 0 spiro atoms. The molecular formula is C14H24N4. The van der Waals surface area contributed by atoms with Gasteiger partial charge in [0.25, 0.3) is 0 Å². The molecule has 4 heteroatoms. The van der Waals surface area contributed by atoms with Crippen LogP contribution in [0.3, 0.4) is 0 Å². The maximum absolute atomic E-state index is 9.39. The van der Waals surface area contributed by atoms with Crippen molar-refractivity contribution < 1.29 is 0 Å². The first-order chi connectivity index (χ1) is 8.51. The minimum atomic E-state index is -0.392. The van der Waals surface area contributed by atoms with Gasteiger partial charge in [0.1, 0.15) is 5.54 Å². The lowest BCUT2D eigenvalue weighted by Crippen LogP contribution is -2.47. The largest absolute Gasteiger partial charge is 0.297 e. The number of rotatable bonds is 7. The Morgan fingerprint density at radius 1 is 1.56 bits per heavy atom. The Hall–Kier alpha value is -1.34. The molecule has 1 rings (SSSR count). The van der Waals surface area contributed by atoms with Gasteiger partial charge in [0.2, 0.25) is 0 Å². The smallest absolute Gasteiger partial charge is 0.106 e. The van der Waals surface area contributed by atoms with Gasteiger partial charge >= 0.3 is 0 Å². The second-order valence-corrected chi connectivity index (χ2v) is 5.17. The Balaban J connectivity index is 2.50. The highest BCUT2D eigenvalue weighted by Gasteiger charge is 2.27. The van der Waals surface area contributed by atoms with Crippen LogP contribution >= 0.6 is 0 Å². The fraction of sp³-hybridized carbons (Fsp3) is 0.714. The summed E-state index contributed by atoms with van der Waals surface area (Å²) in [6.07, 6.45) is 4.64. The van der Waals surface area contributed by atoms with Crippen LogP contribution in [0.15, 0.2) is 12.3 Å². The zero-order chi connectivity index (χ0) is 13.6. The van der Waals surface area contributed by atoms with Crippen LogP contribution in [-0.2, 0) is 6.54 Å². The third-order valence-corrected chi connectivity index (χ3v) is 3.15. The molecule has 0 aliphatic carbocycles. The molecule has 1 aromatic rings. The average molecular weight is 248 g/mol. The van der Waals surface area contributed by atoms with E-state index in [4.69, 9.17) is 0 Å². The van der Waals surface area contributed by atoms with Crippen LogP contribution in [0.25, 0.3) is 0 Å². The third kappa shape index (κ3) is 4.15. The second-order valence-electron chi connectivity index (χ2n) is 5.17. The van der Waals surface area contributed by atoms with E-state index < -0.39 is 5.54 Å². The molecule has 0 amide bonds. The van der Waals surface area contributed by atoms with E-state index >= 15 is 0 Å². The molecule has 0 saturated carbocycles. The fourth-order valence-corrected chi connectivity index (χ4v) is 2.20. The summed E-state index contributed by atoms with van der Waals surface area (Å²) < 4.78 is 1.95. The molecule has 0 bridgehead atoms. The van der Waals surface area contributed by atoms with E-state index in [0.717, 1.165) is 31.5 Å². The molecule has 0 aliphatic rings. The first kappa shape index (κ1) is 14.7. The summed E-state index contributed by atoms with van der Waals surface area (Å²) >= 11 is 0. The summed E-state index contributed by atoms with van der Waals surface area (Å²) in [5.74, 6) is 0. The number of hydrogen-bond acceptors (Lipinski definition) is 3. The minimum absolute atomic E-state index is 0.330. The number of nitrogens with one attached hydrogen (secondary N) is 1. The zero-order valence-corrected chi connectivity index (χ0v) is 11.9. The van der Waals surface area contributed by atoms with Gasteiger partial charge < -0.3 is 0 Å².